The Bertz CT molecular complexity index is 674. The van der Waals surface area contributed by atoms with E-state index in [0.717, 1.165) is 23.4 Å². The smallest absolute Gasteiger partial charge is 0.227 e. The number of thiazole rings is 1. The number of carbonyl (C=O) groups is 1. The molecule has 1 amide bonds. The molecule has 24 heavy (non-hydrogen) atoms. The second-order valence-electron chi connectivity index (χ2n) is 6.60. The van der Waals surface area contributed by atoms with E-state index >= 15 is 0 Å². The first-order valence-electron chi connectivity index (χ1n) is 8.59. The molecule has 2 atom stereocenters. The summed E-state index contributed by atoms with van der Waals surface area (Å²) in [6, 6.07) is 9.53. The number of rotatable bonds is 5. The van der Waals surface area contributed by atoms with Gasteiger partial charge in [0.05, 0.1) is 18.2 Å². The first-order valence-corrected chi connectivity index (χ1v) is 9.41. The van der Waals surface area contributed by atoms with Crippen molar-refractivity contribution in [2.24, 2.45) is 11.7 Å². The lowest BCUT2D eigenvalue weighted by Gasteiger charge is -2.25. The summed E-state index contributed by atoms with van der Waals surface area (Å²) in [5, 5.41) is 1.04. The third-order valence-corrected chi connectivity index (χ3v) is 5.89. The summed E-state index contributed by atoms with van der Waals surface area (Å²) >= 11 is 1.76. The van der Waals surface area contributed by atoms with Crippen LogP contribution in [0.3, 0.4) is 0 Å². The van der Waals surface area contributed by atoms with Crippen LogP contribution in [-0.4, -0.2) is 22.8 Å². The molecule has 0 saturated heterocycles. The van der Waals surface area contributed by atoms with Crippen molar-refractivity contribution >= 4 is 17.2 Å². The van der Waals surface area contributed by atoms with E-state index in [-0.39, 0.29) is 17.9 Å². The zero-order chi connectivity index (χ0) is 17.1. The second-order valence-corrected chi connectivity index (χ2v) is 7.77. The number of nitrogens with zero attached hydrogens (tertiary/aromatic N) is 2. The molecule has 0 bridgehead atoms. The van der Waals surface area contributed by atoms with E-state index in [1.54, 1.807) is 16.2 Å². The van der Waals surface area contributed by atoms with Gasteiger partial charge >= 0.3 is 0 Å². The van der Waals surface area contributed by atoms with E-state index in [2.05, 4.69) is 0 Å². The number of benzene rings is 1. The summed E-state index contributed by atoms with van der Waals surface area (Å²) in [4.78, 5) is 20.6. The van der Waals surface area contributed by atoms with Gasteiger partial charge in [-0.2, -0.15) is 0 Å². The molecule has 1 heterocycles. The molecule has 4 nitrogen and oxygen atoms in total. The highest BCUT2D eigenvalue weighted by Gasteiger charge is 2.26. The Balaban J connectivity index is 1.64. The van der Waals surface area contributed by atoms with Crippen LogP contribution in [0, 0.1) is 5.92 Å². The summed E-state index contributed by atoms with van der Waals surface area (Å²) in [5.74, 6) is -0.188. The summed E-state index contributed by atoms with van der Waals surface area (Å²) in [7, 11) is 1.84. The lowest BCUT2D eigenvalue weighted by atomic mass is 9.94. The quantitative estimate of drug-likeness (QED) is 0.906. The molecule has 0 spiro atoms. The Morgan fingerprint density at radius 2 is 2.00 bits per heavy atom. The van der Waals surface area contributed by atoms with Crippen LogP contribution in [0.4, 0.5) is 0 Å². The summed E-state index contributed by atoms with van der Waals surface area (Å²) in [6.45, 7) is 2.48. The molecule has 1 aromatic heterocycles. The minimum atomic E-state index is -0.286. The van der Waals surface area contributed by atoms with Gasteiger partial charge in [-0.25, -0.2) is 4.98 Å². The van der Waals surface area contributed by atoms with Crippen LogP contribution >= 0.6 is 11.3 Å². The van der Waals surface area contributed by atoms with Crippen molar-refractivity contribution in [3.05, 3.63) is 51.5 Å². The van der Waals surface area contributed by atoms with Gasteiger partial charge in [0, 0.05) is 18.0 Å². The molecule has 0 radical (unpaired) electrons. The van der Waals surface area contributed by atoms with Crippen molar-refractivity contribution < 1.29 is 4.79 Å². The van der Waals surface area contributed by atoms with Crippen molar-refractivity contribution in [3.8, 4) is 0 Å². The average molecular weight is 343 g/mol. The second kappa shape index (κ2) is 7.45. The molecule has 1 aliphatic carbocycles. The minimum Gasteiger partial charge on any atom is -0.339 e. The van der Waals surface area contributed by atoms with Gasteiger partial charge in [0.25, 0.3) is 0 Å². The SMILES string of the molecule is CC(C(=O)N(C)Cc1nc2c(s1)CCCC2)C(N)c1ccccc1. The van der Waals surface area contributed by atoms with E-state index in [4.69, 9.17) is 10.7 Å². The number of amides is 1. The third-order valence-electron chi connectivity index (χ3n) is 4.75. The Hall–Kier alpha value is -1.72. The number of nitrogens with two attached hydrogens (primary N) is 1. The van der Waals surface area contributed by atoms with E-state index in [0.29, 0.717) is 6.54 Å². The fourth-order valence-electron chi connectivity index (χ4n) is 3.22. The number of aromatic nitrogens is 1. The highest BCUT2D eigenvalue weighted by atomic mass is 32.1. The maximum absolute atomic E-state index is 12.7. The normalized spacial score (nSPS) is 16.3. The van der Waals surface area contributed by atoms with Gasteiger partial charge in [-0.1, -0.05) is 37.3 Å². The molecule has 128 valence electrons. The molecule has 3 rings (SSSR count). The summed E-state index contributed by atoms with van der Waals surface area (Å²) in [6.07, 6.45) is 4.71. The van der Waals surface area contributed by atoms with Gasteiger partial charge in [0.15, 0.2) is 0 Å². The average Bonchev–Trinajstić information content (AvgIpc) is 3.02. The summed E-state index contributed by atoms with van der Waals surface area (Å²) < 4.78 is 0. The van der Waals surface area contributed by atoms with Gasteiger partial charge in [-0.05, 0) is 31.2 Å². The maximum atomic E-state index is 12.7. The Labute approximate surface area is 147 Å². The van der Waals surface area contributed by atoms with Crippen LogP contribution in [0.25, 0.3) is 0 Å². The van der Waals surface area contributed by atoms with Crippen LogP contribution in [-0.2, 0) is 24.2 Å². The molecule has 2 aromatic rings. The molecular weight excluding hydrogens is 318 g/mol. The monoisotopic (exact) mass is 343 g/mol. The van der Waals surface area contributed by atoms with Crippen molar-refractivity contribution in [2.45, 2.75) is 45.2 Å². The molecule has 1 aromatic carbocycles. The molecule has 2 unspecified atom stereocenters. The highest BCUT2D eigenvalue weighted by Crippen LogP contribution is 2.28. The number of hydrogen-bond donors (Lipinski definition) is 1. The number of aryl methyl sites for hydroxylation is 2. The van der Waals surface area contributed by atoms with Crippen molar-refractivity contribution in [3.63, 3.8) is 0 Å². The van der Waals surface area contributed by atoms with Crippen molar-refractivity contribution in [1.29, 1.82) is 0 Å². The van der Waals surface area contributed by atoms with Crippen LogP contribution in [0.1, 0.15) is 46.9 Å². The van der Waals surface area contributed by atoms with E-state index < -0.39 is 0 Å². The Morgan fingerprint density at radius 3 is 2.71 bits per heavy atom. The third kappa shape index (κ3) is 3.68. The Kier molecular flexibility index (Phi) is 5.31. The maximum Gasteiger partial charge on any atom is 0.227 e. The van der Waals surface area contributed by atoms with Crippen LogP contribution < -0.4 is 5.73 Å². The topological polar surface area (TPSA) is 59.2 Å². The fourth-order valence-corrected chi connectivity index (χ4v) is 4.43. The van der Waals surface area contributed by atoms with Crippen molar-refractivity contribution in [2.75, 3.05) is 7.05 Å². The number of fused-ring (bicyclic) bond motifs is 1. The molecule has 0 fully saturated rings. The largest absolute Gasteiger partial charge is 0.339 e. The zero-order valence-corrected chi connectivity index (χ0v) is 15.2. The fraction of sp³-hybridized carbons (Fsp3) is 0.474. The molecule has 5 heteroatoms. The van der Waals surface area contributed by atoms with Crippen LogP contribution in [0.5, 0.6) is 0 Å². The molecule has 1 aliphatic rings. The van der Waals surface area contributed by atoms with Gasteiger partial charge < -0.3 is 10.6 Å². The van der Waals surface area contributed by atoms with E-state index in [1.807, 2.05) is 44.3 Å². The molecule has 2 N–H and O–H groups in total. The van der Waals surface area contributed by atoms with Gasteiger partial charge in [0.1, 0.15) is 5.01 Å². The highest BCUT2D eigenvalue weighted by molar-refractivity contribution is 7.11. The standard InChI is InChI=1S/C19H25N3OS/c1-13(18(20)14-8-4-3-5-9-14)19(23)22(2)12-17-21-15-10-6-7-11-16(15)24-17/h3-5,8-9,13,18H,6-7,10-12,20H2,1-2H3. The van der Waals surface area contributed by atoms with Crippen LogP contribution in [0.2, 0.25) is 0 Å². The van der Waals surface area contributed by atoms with E-state index in [9.17, 15) is 4.79 Å². The first-order chi connectivity index (χ1) is 11.6. The van der Waals surface area contributed by atoms with E-state index in [1.165, 1.54) is 23.4 Å². The van der Waals surface area contributed by atoms with Crippen LogP contribution in [0.15, 0.2) is 30.3 Å². The van der Waals surface area contributed by atoms with Gasteiger partial charge in [0.2, 0.25) is 5.91 Å². The number of hydrogen-bond acceptors (Lipinski definition) is 4. The molecule has 0 aliphatic heterocycles. The minimum absolute atomic E-state index is 0.0690. The zero-order valence-electron chi connectivity index (χ0n) is 14.4. The lowest BCUT2D eigenvalue weighted by Crippen LogP contribution is -2.36. The predicted octanol–water partition coefficient (Wildman–Crippen LogP) is 3.32. The summed E-state index contributed by atoms with van der Waals surface area (Å²) in [5.41, 5.74) is 8.53. The van der Waals surface area contributed by atoms with Gasteiger partial charge in [-0.15, -0.1) is 11.3 Å². The van der Waals surface area contributed by atoms with Gasteiger partial charge in [-0.3, -0.25) is 4.79 Å². The lowest BCUT2D eigenvalue weighted by molar-refractivity contribution is -0.134. The molecule has 0 saturated carbocycles. The first kappa shape index (κ1) is 17.1. The predicted molar refractivity (Wildman–Crippen MR) is 97.8 cm³/mol. The molecular formula is C19H25N3OS. The number of carbonyl (C=O) groups excluding carboxylic acids is 1. The Morgan fingerprint density at radius 1 is 1.29 bits per heavy atom. The van der Waals surface area contributed by atoms with Crippen molar-refractivity contribution in [1.82, 2.24) is 9.88 Å².